The van der Waals surface area contributed by atoms with Gasteiger partial charge in [0.1, 0.15) is 5.82 Å². The third-order valence-electron chi connectivity index (χ3n) is 1.79. The van der Waals surface area contributed by atoms with Gasteiger partial charge in [0.15, 0.2) is 5.12 Å². The van der Waals surface area contributed by atoms with E-state index < -0.39 is 5.82 Å². The molecule has 0 saturated carbocycles. The van der Waals surface area contributed by atoms with Crippen LogP contribution >= 0.6 is 11.8 Å². The van der Waals surface area contributed by atoms with Gasteiger partial charge in [-0.25, -0.2) is 4.39 Å². The molecule has 16 heavy (non-hydrogen) atoms. The Morgan fingerprint density at radius 3 is 2.88 bits per heavy atom. The molecule has 0 spiro atoms. The molecule has 1 aromatic carbocycles. The molecule has 0 bridgehead atoms. The van der Waals surface area contributed by atoms with Crippen LogP contribution in [0.2, 0.25) is 0 Å². The first-order valence-electron chi connectivity index (χ1n) is 4.65. The van der Waals surface area contributed by atoms with Crippen molar-refractivity contribution in [1.29, 1.82) is 0 Å². The van der Waals surface area contributed by atoms with Gasteiger partial charge in [-0.1, -0.05) is 29.7 Å². The van der Waals surface area contributed by atoms with Crippen LogP contribution in [0, 0.1) is 17.7 Å². The lowest BCUT2D eigenvalue weighted by Crippen LogP contribution is -1.89. The summed E-state index contributed by atoms with van der Waals surface area (Å²) in [6, 6.07) is 4.39. The molecule has 4 heteroatoms. The summed E-state index contributed by atoms with van der Waals surface area (Å²) in [4.78, 5) is 10.6. The minimum absolute atomic E-state index is 0.00889. The summed E-state index contributed by atoms with van der Waals surface area (Å²) in [6.07, 6.45) is 0. The van der Waals surface area contributed by atoms with Crippen LogP contribution in [0.5, 0.6) is 0 Å². The minimum atomic E-state index is -0.452. The zero-order valence-electron chi connectivity index (χ0n) is 8.79. The summed E-state index contributed by atoms with van der Waals surface area (Å²) >= 11 is 1.09. The van der Waals surface area contributed by atoms with Crippen molar-refractivity contribution in [3.05, 3.63) is 35.1 Å². The number of carbonyl (C=O) groups excluding carboxylic acids is 1. The highest BCUT2D eigenvalue weighted by Gasteiger charge is 1.99. The van der Waals surface area contributed by atoms with Crippen LogP contribution in [0.1, 0.15) is 18.1 Å². The van der Waals surface area contributed by atoms with Crippen LogP contribution in [0.3, 0.4) is 0 Å². The maximum atomic E-state index is 13.3. The Hall–Kier alpha value is -1.31. The molecule has 0 amide bonds. The standard InChI is InChI=1S/C12H11FO2S/c1-9(15)16-6-2-3-11-5-4-10(8-14)7-12(11)13/h4-5,7,14H,6,8H2,1H3. The molecule has 1 rings (SSSR count). The van der Waals surface area contributed by atoms with Crippen LogP contribution in [0.4, 0.5) is 4.39 Å². The average Bonchev–Trinajstić information content (AvgIpc) is 2.25. The number of halogens is 1. The highest BCUT2D eigenvalue weighted by Crippen LogP contribution is 2.09. The molecule has 0 aliphatic rings. The van der Waals surface area contributed by atoms with Gasteiger partial charge < -0.3 is 5.11 Å². The quantitative estimate of drug-likeness (QED) is 0.800. The van der Waals surface area contributed by atoms with Crippen molar-refractivity contribution in [3.8, 4) is 11.8 Å². The normalized spacial score (nSPS) is 9.44. The van der Waals surface area contributed by atoms with Crippen LogP contribution in [0.25, 0.3) is 0 Å². The SMILES string of the molecule is CC(=O)SCC#Cc1ccc(CO)cc1F. The third-order valence-corrected chi connectivity index (χ3v) is 2.48. The monoisotopic (exact) mass is 238 g/mol. The molecule has 0 heterocycles. The smallest absolute Gasteiger partial charge is 0.186 e. The average molecular weight is 238 g/mol. The molecule has 1 aromatic rings. The maximum Gasteiger partial charge on any atom is 0.186 e. The van der Waals surface area contributed by atoms with Crippen LogP contribution in [-0.2, 0) is 11.4 Å². The molecule has 0 atom stereocenters. The maximum absolute atomic E-state index is 13.3. The van der Waals surface area contributed by atoms with Gasteiger partial charge in [-0.2, -0.15) is 0 Å². The minimum Gasteiger partial charge on any atom is -0.392 e. The van der Waals surface area contributed by atoms with E-state index in [0.29, 0.717) is 11.3 Å². The Bertz CT molecular complexity index is 446. The summed E-state index contributed by atoms with van der Waals surface area (Å²) in [5.74, 6) is 5.25. The second kappa shape index (κ2) is 6.31. The molecule has 1 N–H and O–H groups in total. The Kier molecular flexibility index (Phi) is 5.03. The molecular weight excluding hydrogens is 227 g/mol. The zero-order valence-corrected chi connectivity index (χ0v) is 9.60. The first-order valence-corrected chi connectivity index (χ1v) is 5.63. The largest absolute Gasteiger partial charge is 0.392 e. The zero-order chi connectivity index (χ0) is 12.0. The topological polar surface area (TPSA) is 37.3 Å². The first-order chi connectivity index (χ1) is 7.63. The predicted octanol–water partition coefficient (Wildman–Crippen LogP) is 1.95. The van der Waals surface area contributed by atoms with Gasteiger partial charge in [0.2, 0.25) is 0 Å². The van der Waals surface area contributed by atoms with Gasteiger partial charge in [-0.15, -0.1) is 0 Å². The van der Waals surface area contributed by atoms with E-state index in [2.05, 4.69) is 11.8 Å². The Morgan fingerprint density at radius 2 is 2.31 bits per heavy atom. The fraction of sp³-hybridized carbons (Fsp3) is 0.250. The van der Waals surface area contributed by atoms with Crippen molar-refractivity contribution in [2.45, 2.75) is 13.5 Å². The van der Waals surface area contributed by atoms with Crippen molar-refractivity contribution in [3.63, 3.8) is 0 Å². The number of thioether (sulfide) groups is 1. The van der Waals surface area contributed by atoms with Crippen LogP contribution in [0.15, 0.2) is 18.2 Å². The fourth-order valence-corrected chi connectivity index (χ4v) is 1.37. The number of carbonyl (C=O) groups is 1. The molecule has 0 unspecified atom stereocenters. The van der Waals surface area contributed by atoms with E-state index in [1.54, 1.807) is 6.07 Å². The van der Waals surface area contributed by atoms with E-state index in [1.807, 2.05) is 0 Å². The van der Waals surface area contributed by atoms with E-state index in [1.165, 1.54) is 19.1 Å². The number of hydrogen-bond acceptors (Lipinski definition) is 3. The van der Waals surface area contributed by atoms with Gasteiger partial charge in [0.25, 0.3) is 0 Å². The molecule has 0 fully saturated rings. The van der Waals surface area contributed by atoms with Crippen molar-refractivity contribution < 1.29 is 14.3 Å². The van der Waals surface area contributed by atoms with Gasteiger partial charge in [0.05, 0.1) is 17.9 Å². The second-order valence-corrected chi connectivity index (χ2v) is 4.21. The highest BCUT2D eigenvalue weighted by molar-refractivity contribution is 8.13. The molecule has 0 aliphatic carbocycles. The van der Waals surface area contributed by atoms with Crippen molar-refractivity contribution in [2.24, 2.45) is 0 Å². The number of benzene rings is 1. The van der Waals surface area contributed by atoms with Crippen molar-refractivity contribution in [1.82, 2.24) is 0 Å². The van der Waals surface area contributed by atoms with Crippen LogP contribution < -0.4 is 0 Å². The number of aliphatic hydroxyl groups excluding tert-OH is 1. The van der Waals surface area contributed by atoms with E-state index in [9.17, 15) is 9.18 Å². The van der Waals surface area contributed by atoms with Gasteiger partial charge in [-0.05, 0) is 17.7 Å². The number of hydrogen-bond donors (Lipinski definition) is 1. The number of aliphatic hydroxyl groups is 1. The Morgan fingerprint density at radius 1 is 1.56 bits per heavy atom. The van der Waals surface area contributed by atoms with Gasteiger partial charge in [-0.3, -0.25) is 4.79 Å². The third kappa shape index (κ3) is 4.05. The van der Waals surface area contributed by atoms with Crippen molar-refractivity contribution >= 4 is 16.9 Å². The summed E-state index contributed by atoms with van der Waals surface area (Å²) in [5.41, 5.74) is 0.794. The number of rotatable bonds is 2. The Labute approximate surface area is 97.9 Å². The molecule has 0 radical (unpaired) electrons. The predicted molar refractivity (Wildman–Crippen MR) is 62.3 cm³/mol. The molecular formula is C12H11FO2S. The van der Waals surface area contributed by atoms with Gasteiger partial charge in [0, 0.05) is 6.92 Å². The highest BCUT2D eigenvalue weighted by atomic mass is 32.2. The second-order valence-electron chi connectivity index (χ2n) is 3.05. The lowest BCUT2D eigenvalue weighted by molar-refractivity contribution is -0.109. The summed E-state index contributed by atoms with van der Waals surface area (Å²) in [6.45, 7) is 1.27. The first kappa shape index (κ1) is 12.8. The molecule has 2 nitrogen and oxygen atoms in total. The molecule has 0 saturated heterocycles. The van der Waals surface area contributed by atoms with E-state index >= 15 is 0 Å². The molecule has 0 aliphatic heterocycles. The van der Waals surface area contributed by atoms with E-state index in [-0.39, 0.29) is 17.3 Å². The summed E-state index contributed by atoms with van der Waals surface area (Å²) < 4.78 is 13.3. The van der Waals surface area contributed by atoms with E-state index in [4.69, 9.17) is 5.11 Å². The molecule has 0 aromatic heterocycles. The lowest BCUT2D eigenvalue weighted by Gasteiger charge is -1.97. The Balaban J connectivity index is 2.70. The van der Waals surface area contributed by atoms with Crippen LogP contribution in [-0.4, -0.2) is 16.0 Å². The van der Waals surface area contributed by atoms with Crippen molar-refractivity contribution in [2.75, 3.05) is 5.75 Å². The van der Waals surface area contributed by atoms with E-state index in [0.717, 1.165) is 11.8 Å². The fourth-order valence-electron chi connectivity index (χ4n) is 1.03. The van der Waals surface area contributed by atoms with Gasteiger partial charge >= 0.3 is 0 Å². The molecule has 84 valence electrons. The summed E-state index contributed by atoms with van der Waals surface area (Å²) in [5, 5.41) is 8.78. The summed E-state index contributed by atoms with van der Waals surface area (Å²) in [7, 11) is 0. The lowest BCUT2D eigenvalue weighted by atomic mass is 10.1.